The lowest BCUT2D eigenvalue weighted by Crippen LogP contribution is -2.52. The number of rotatable bonds is 13. The van der Waals surface area contributed by atoms with E-state index in [1.165, 1.54) is 32.1 Å². The zero-order chi connectivity index (χ0) is 33.1. The topological polar surface area (TPSA) is 106 Å². The third-order valence-electron chi connectivity index (χ3n) is 10.3. The first-order chi connectivity index (χ1) is 22.3. The molecular formula is C40H58N4O2. The Kier molecular flexibility index (Phi) is 16.8. The van der Waals surface area contributed by atoms with Gasteiger partial charge in [0.25, 0.3) is 0 Å². The maximum absolute atomic E-state index is 13.8. The van der Waals surface area contributed by atoms with E-state index in [9.17, 15) is 20.1 Å². The molecule has 3 aliphatic carbocycles. The lowest BCUT2D eigenvalue weighted by Gasteiger charge is -2.34. The SMILES string of the molecule is C=C(C)C(=O)NC(CCCCCCCCCC)C(=O)NC1CC(C#CC2CCC(C#N)CC2)CCC1C#CC1CCC(C#N)CC1. The summed E-state index contributed by atoms with van der Waals surface area (Å²) in [7, 11) is 0. The first-order valence-electron chi connectivity index (χ1n) is 18.4. The highest BCUT2D eigenvalue weighted by Crippen LogP contribution is 2.32. The molecule has 4 atom stereocenters. The molecule has 46 heavy (non-hydrogen) atoms. The van der Waals surface area contributed by atoms with E-state index in [4.69, 9.17) is 0 Å². The summed E-state index contributed by atoms with van der Waals surface area (Å²) < 4.78 is 0. The monoisotopic (exact) mass is 626 g/mol. The van der Waals surface area contributed by atoms with E-state index in [-0.39, 0.29) is 41.5 Å². The minimum atomic E-state index is -0.596. The van der Waals surface area contributed by atoms with Gasteiger partial charge in [0.1, 0.15) is 6.04 Å². The van der Waals surface area contributed by atoms with Gasteiger partial charge in [-0.25, -0.2) is 0 Å². The molecule has 3 rings (SSSR count). The van der Waals surface area contributed by atoms with Crippen molar-refractivity contribution in [2.45, 2.75) is 154 Å². The number of hydrogen-bond acceptors (Lipinski definition) is 4. The molecule has 6 heteroatoms. The van der Waals surface area contributed by atoms with Gasteiger partial charge in [-0.15, -0.1) is 0 Å². The number of unbranched alkanes of at least 4 members (excludes halogenated alkanes) is 7. The van der Waals surface area contributed by atoms with Crippen LogP contribution in [0.25, 0.3) is 0 Å². The lowest BCUT2D eigenvalue weighted by atomic mass is 9.77. The van der Waals surface area contributed by atoms with Crippen LogP contribution in [0, 0.1) is 81.9 Å². The second-order valence-corrected chi connectivity index (χ2v) is 14.2. The van der Waals surface area contributed by atoms with Crippen LogP contribution in [0.3, 0.4) is 0 Å². The van der Waals surface area contributed by atoms with Crippen LogP contribution in [0.1, 0.15) is 142 Å². The van der Waals surface area contributed by atoms with Gasteiger partial charge in [-0.05, 0) is 84.0 Å². The van der Waals surface area contributed by atoms with E-state index in [2.05, 4.69) is 60.0 Å². The number of hydrogen-bond donors (Lipinski definition) is 2. The molecule has 4 unspecified atom stereocenters. The molecule has 0 aromatic heterocycles. The normalized spacial score (nSPS) is 28.0. The third kappa shape index (κ3) is 13.3. The predicted octanol–water partition coefficient (Wildman–Crippen LogP) is 8.15. The van der Waals surface area contributed by atoms with Gasteiger partial charge in [0.15, 0.2) is 0 Å². The van der Waals surface area contributed by atoms with Crippen molar-refractivity contribution < 1.29 is 9.59 Å². The van der Waals surface area contributed by atoms with E-state index < -0.39 is 6.04 Å². The lowest BCUT2D eigenvalue weighted by molar-refractivity contribution is -0.128. The summed E-state index contributed by atoms with van der Waals surface area (Å²) in [6.45, 7) is 7.69. The molecule has 0 aliphatic heterocycles. The molecule has 0 saturated heterocycles. The van der Waals surface area contributed by atoms with E-state index in [0.717, 1.165) is 89.9 Å². The largest absolute Gasteiger partial charge is 0.350 e. The van der Waals surface area contributed by atoms with Crippen molar-refractivity contribution in [3.8, 4) is 35.8 Å². The average Bonchev–Trinajstić information content (AvgIpc) is 3.07. The Labute approximate surface area is 279 Å². The number of carbonyl (C=O) groups excluding carboxylic acids is 2. The Morgan fingerprint density at radius 1 is 0.696 bits per heavy atom. The van der Waals surface area contributed by atoms with Gasteiger partial charge in [0, 0.05) is 47.1 Å². The highest BCUT2D eigenvalue weighted by molar-refractivity contribution is 5.96. The second kappa shape index (κ2) is 20.8. The summed E-state index contributed by atoms with van der Waals surface area (Å²) in [5, 5.41) is 24.8. The number of nitrogens with zero attached hydrogens (tertiary/aromatic N) is 2. The van der Waals surface area contributed by atoms with E-state index in [1.54, 1.807) is 6.92 Å². The maximum atomic E-state index is 13.8. The second-order valence-electron chi connectivity index (χ2n) is 14.2. The molecule has 3 saturated carbocycles. The predicted molar refractivity (Wildman–Crippen MR) is 184 cm³/mol. The molecule has 0 spiro atoms. The molecule has 3 fully saturated rings. The summed E-state index contributed by atoms with van der Waals surface area (Å²) >= 11 is 0. The number of carbonyl (C=O) groups is 2. The van der Waals surface area contributed by atoms with Crippen molar-refractivity contribution in [3.63, 3.8) is 0 Å². The van der Waals surface area contributed by atoms with E-state index in [0.29, 0.717) is 23.8 Å². The summed E-state index contributed by atoms with van der Waals surface area (Å²) in [4.78, 5) is 26.4. The first-order valence-corrected chi connectivity index (χ1v) is 18.4. The quantitative estimate of drug-likeness (QED) is 0.122. The zero-order valence-electron chi connectivity index (χ0n) is 28.7. The molecule has 0 heterocycles. The van der Waals surface area contributed by atoms with Crippen LogP contribution < -0.4 is 10.6 Å². The Morgan fingerprint density at radius 3 is 1.72 bits per heavy atom. The summed E-state index contributed by atoms with van der Waals surface area (Å²) in [5.41, 5.74) is 0.403. The average molecular weight is 627 g/mol. The Morgan fingerprint density at radius 2 is 1.17 bits per heavy atom. The van der Waals surface area contributed by atoms with Crippen molar-refractivity contribution >= 4 is 11.8 Å². The molecule has 3 aliphatic rings. The smallest absolute Gasteiger partial charge is 0.246 e. The first kappa shape index (κ1) is 37.2. The molecule has 2 amide bonds. The van der Waals surface area contributed by atoms with Gasteiger partial charge in [0.05, 0.1) is 12.1 Å². The molecule has 0 aromatic rings. The van der Waals surface area contributed by atoms with Gasteiger partial charge in [-0.2, -0.15) is 10.5 Å². The van der Waals surface area contributed by atoms with Gasteiger partial charge >= 0.3 is 0 Å². The van der Waals surface area contributed by atoms with E-state index >= 15 is 0 Å². The summed E-state index contributed by atoms with van der Waals surface area (Å²) in [6.07, 6.45) is 20.2. The molecule has 0 bridgehead atoms. The van der Waals surface area contributed by atoms with Crippen molar-refractivity contribution in [3.05, 3.63) is 12.2 Å². The van der Waals surface area contributed by atoms with Gasteiger partial charge < -0.3 is 10.6 Å². The van der Waals surface area contributed by atoms with Crippen molar-refractivity contribution in [2.75, 3.05) is 0 Å². The van der Waals surface area contributed by atoms with Crippen LogP contribution in [0.5, 0.6) is 0 Å². The van der Waals surface area contributed by atoms with Crippen molar-refractivity contribution in [1.82, 2.24) is 10.6 Å². The van der Waals surface area contributed by atoms with Crippen LogP contribution in [0.15, 0.2) is 12.2 Å². The van der Waals surface area contributed by atoms with Gasteiger partial charge in [-0.1, -0.05) is 88.6 Å². The Balaban J connectivity index is 1.66. The third-order valence-corrected chi connectivity index (χ3v) is 10.3. The maximum Gasteiger partial charge on any atom is 0.246 e. The summed E-state index contributed by atoms with van der Waals surface area (Å²) in [5.74, 6) is 15.0. The number of nitriles is 2. The van der Waals surface area contributed by atoms with Crippen LogP contribution in [0.2, 0.25) is 0 Å². The fraction of sp³-hybridized carbons (Fsp3) is 0.750. The fourth-order valence-corrected chi connectivity index (χ4v) is 7.14. The molecule has 250 valence electrons. The molecule has 6 nitrogen and oxygen atoms in total. The van der Waals surface area contributed by atoms with Crippen LogP contribution in [-0.2, 0) is 9.59 Å². The molecule has 0 radical (unpaired) electrons. The highest BCUT2D eigenvalue weighted by Gasteiger charge is 2.33. The van der Waals surface area contributed by atoms with Crippen molar-refractivity contribution in [1.29, 1.82) is 10.5 Å². The highest BCUT2D eigenvalue weighted by atomic mass is 16.2. The van der Waals surface area contributed by atoms with Crippen LogP contribution >= 0.6 is 0 Å². The van der Waals surface area contributed by atoms with E-state index in [1.807, 2.05) is 0 Å². The van der Waals surface area contributed by atoms with Crippen LogP contribution in [0.4, 0.5) is 0 Å². The fourth-order valence-electron chi connectivity index (χ4n) is 7.14. The molecular weight excluding hydrogens is 568 g/mol. The molecule has 2 N–H and O–H groups in total. The van der Waals surface area contributed by atoms with Gasteiger partial charge in [-0.3, -0.25) is 9.59 Å². The van der Waals surface area contributed by atoms with Gasteiger partial charge in [0.2, 0.25) is 11.8 Å². The number of amides is 2. The van der Waals surface area contributed by atoms with Crippen molar-refractivity contribution in [2.24, 2.45) is 35.5 Å². The Hall–Kier alpha value is -3.22. The standard InChI is InChI=1S/C40H58N4O2/c1-4-5-6-7-8-9-10-11-12-37(43-39(45)30(2)3)40(46)44-38-27-33(18-13-31-14-19-34(28-41)20-15-31)24-26-36(38)25-23-32-16-21-35(29-42)22-17-32/h31-38H,2,4-12,14-17,19-22,24,26-27H2,1,3H3,(H,43,45)(H,44,46). The molecule has 0 aromatic carbocycles. The Bertz CT molecular complexity index is 1190. The van der Waals surface area contributed by atoms with Crippen LogP contribution in [-0.4, -0.2) is 23.9 Å². The number of nitrogens with one attached hydrogen (secondary N) is 2. The summed E-state index contributed by atoms with van der Waals surface area (Å²) in [6, 6.07) is 4.10. The minimum absolute atomic E-state index is 0.0439. The minimum Gasteiger partial charge on any atom is -0.350 e. The zero-order valence-corrected chi connectivity index (χ0v) is 28.7.